The van der Waals surface area contributed by atoms with Gasteiger partial charge in [0.25, 0.3) is 0 Å². The minimum Gasteiger partial charge on any atom is -0.429 e. The third-order valence-corrected chi connectivity index (χ3v) is 7.19. The zero-order valence-corrected chi connectivity index (χ0v) is 24.9. The molecule has 1 fully saturated rings. The summed E-state index contributed by atoms with van der Waals surface area (Å²) < 4.78 is 96.2. The van der Waals surface area contributed by atoms with Crippen LogP contribution >= 0.6 is 12.2 Å². The van der Waals surface area contributed by atoms with E-state index in [0.717, 1.165) is 25.0 Å². The summed E-state index contributed by atoms with van der Waals surface area (Å²) in [5.41, 5.74) is 0.924. The van der Waals surface area contributed by atoms with Gasteiger partial charge in [0.1, 0.15) is 34.9 Å². The van der Waals surface area contributed by atoms with Crippen molar-refractivity contribution in [1.82, 2.24) is 0 Å². The van der Waals surface area contributed by atoms with Crippen LogP contribution in [0, 0.1) is 17.5 Å². The average molecular weight is 642 g/mol. The first kappa shape index (κ1) is 32.4. The summed E-state index contributed by atoms with van der Waals surface area (Å²) in [6, 6.07) is 18.1. The van der Waals surface area contributed by atoms with Gasteiger partial charge in [-0.2, -0.15) is 13.8 Å². The van der Waals surface area contributed by atoms with Crippen LogP contribution in [0.25, 0.3) is 22.3 Å². The molecule has 11 heteroatoms. The van der Waals surface area contributed by atoms with Crippen LogP contribution in [0.4, 0.5) is 27.6 Å². The van der Waals surface area contributed by atoms with E-state index in [9.17, 15) is 13.2 Å². The molecule has 0 aliphatic carbocycles. The smallest absolute Gasteiger partial charge is 0.429 e. The number of alkyl halides is 2. The Morgan fingerprint density at radius 3 is 2.07 bits per heavy atom. The minimum absolute atomic E-state index is 0.0867. The number of unbranched alkanes of at least 4 members (excludes halogenated alkanes) is 1. The minimum atomic E-state index is -4.35. The van der Waals surface area contributed by atoms with Crippen LogP contribution < -0.4 is 4.74 Å². The van der Waals surface area contributed by atoms with Gasteiger partial charge in [-0.05, 0) is 77.8 Å². The molecule has 4 aromatic carbocycles. The zero-order valence-electron chi connectivity index (χ0n) is 24.1. The number of isothiocyanates is 1. The van der Waals surface area contributed by atoms with Gasteiger partial charge in [0, 0.05) is 17.7 Å². The van der Waals surface area contributed by atoms with E-state index >= 15 is 8.78 Å². The van der Waals surface area contributed by atoms with E-state index in [-0.39, 0.29) is 30.6 Å². The van der Waals surface area contributed by atoms with Crippen LogP contribution in [0.3, 0.4) is 0 Å². The van der Waals surface area contributed by atoms with Gasteiger partial charge in [-0.15, -0.1) is 0 Å². The lowest BCUT2D eigenvalue weighted by molar-refractivity contribution is -0.230. The number of halogens is 5. The van der Waals surface area contributed by atoms with Gasteiger partial charge in [0.05, 0.1) is 24.1 Å². The molecular formula is C34H28F5NO4S. The van der Waals surface area contributed by atoms with Gasteiger partial charge in [-0.1, -0.05) is 49.7 Å². The maximum Gasteiger partial charge on any atom is 0.432 e. The fraction of sp³-hybridized carbons (Fsp3) is 0.265. The molecule has 1 heterocycles. The van der Waals surface area contributed by atoms with Crippen molar-refractivity contribution in [3.8, 4) is 28.0 Å². The highest BCUT2D eigenvalue weighted by molar-refractivity contribution is 7.78. The first-order valence-corrected chi connectivity index (χ1v) is 14.6. The zero-order chi connectivity index (χ0) is 32.0. The van der Waals surface area contributed by atoms with E-state index in [4.69, 9.17) is 18.9 Å². The van der Waals surface area contributed by atoms with Gasteiger partial charge in [0.2, 0.25) is 0 Å². The predicted octanol–water partition coefficient (Wildman–Crippen LogP) is 9.53. The van der Waals surface area contributed by atoms with E-state index in [2.05, 4.69) is 22.4 Å². The van der Waals surface area contributed by atoms with Crippen LogP contribution in [0.2, 0.25) is 0 Å². The number of ether oxygens (including phenoxy) is 4. The molecule has 45 heavy (non-hydrogen) atoms. The van der Waals surface area contributed by atoms with Crippen molar-refractivity contribution in [2.45, 2.75) is 38.3 Å². The third kappa shape index (κ3) is 7.81. The van der Waals surface area contributed by atoms with Crippen LogP contribution in [-0.4, -0.2) is 31.1 Å². The number of nitrogens with zero attached hydrogens (tertiary/aromatic N) is 1. The largest absolute Gasteiger partial charge is 0.432 e. The van der Waals surface area contributed by atoms with Gasteiger partial charge in [-0.3, -0.25) is 0 Å². The fourth-order valence-corrected chi connectivity index (χ4v) is 4.89. The molecule has 0 amide bonds. The molecule has 5 nitrogen and oxygen atoms in total. The maximum absolute atomic E-state index is 15.0. The Bertz CT molecular complexity index is 1650. The Morgan fingerprint density at radius 2 is 1.47 bits per heavy atom. The summed E-state index contributed by atoms with van der Waals surface area (Å²) in [7, 11) is 0. The number of thiocarbonyl (C=S) groups is 1. The molecule has 0 N–H and O–H groups in total. The summed E-state index contributed by atoms with van der Waals surface area (Å²) in [6.07, 6.45) is -3.98. The molecule has 0 unspecified atom stereocenters. The second-order valence-corrected chi connectivity index (χ2v) is 10.5. The molecule has 0 bridgehead atoms. The third-order valence-electron chi connectivity index (χ3n) is 7.10. The monoisotopic (exact) mass is 641 g/mol. The molecule has 234 valence electrons. The SMILES string of the molecule is CCCCOC1COC(c2cc(F)c(C(F)(F)Oc3ccc(-c4ccc(-c5ccc(N=C=S)cc5)c(F)c4)cc3)c(F)c2)OC1. The molecule has 0 saturated carbocycles. The van der Waals surface area contributed by atoms with Crippen molar-refractivity contribution >= 4 is 23.1 Å². The quantitative estimate of drug-likeness (QED) is 0.0707. The summed E-state index contributed by atoms with van der Waals surface area (Å²) in [4.78, 5) is 3.87. The first-order valence-electron chi connectivity index (χ1n) is 14.2. The van der Waals surface area contributed by atoms with E-state index in [1.165, 1.54) is 30.3 Å². The van der Waals surface area contributed by atoms with Crippen molar-refractivity contribution in [2.75, 3.05) is 19.8 Å². The Balaban J connectivity index is 1.25. The Hall–Kier alpha value is -3.99. The standard InChI is InChI=1S/C34H28F5NO4S/c1-2-3-14-41-27-18-42-33(43-19-27)24-16-30(36)32(31(37)17-24)34(38,39)44-26-11-6-21(7-12-26)23-8-13-28(29(35)15-23)22-4-9-25(10-5-22)40-20-45/h4-13,15-17,27,33H,2-3,14,18-19H2,1H3. The predicted molar refractivity (Wildman–Crippen MR) is 162 cm³/mol. The van der Waals surface area contributed by atoms with E-state index in [0.29, 0.717) is 34.5 Å². The highest BCUT2D eigenvalue weighted by atomic mass is 32.1. The van der Waals surface area contributed by atoms with Crippen LogP contribution in [0.15, 0.2) is 83.9 Å². The second kappa shape index (κ2) is 14.4. The lowest BCUT2D eigenvalue weighted by Crippen LogP contribution is -2.34. The fourth-order valence-electron chi connectivity index (χ4n) is 4.79. The molecular weight excluding hydrogens is 613 g/mol. The van der Waals surface area contributed by atoms with Gasteiger partial charge < -0.3 is 18.9 Å². The molecule has 0 aromatic heterocycles. The van der Waals surface area contributed by atoms with Crippen LogP contribution in [-0.2, 0) is 20.3 Å². The second-order valence-electron chi connectivity index (χ2n) is 10.3. The summed E-state index contributed by atoms with van der Waals surface area (Å²) in [5.74, 6) is -3.88. The normalized spacial score (nSPS) is 16.7. The van der Waals surface area contributed by atoms with Crippen molar-refractivity contribution in [3.05, 3.63) is 107 Å². The highest BCUT2D eigenvalue weighted by Crippen LogP contribution is 2.38. The van der Waals surface area contributed by atoms with Gasteiger partial charge in [0.15, 0.2) is 6.29 Å². The lowest BCUT2D eigenvalue weighted by Gasteiger charge is -2.30. The molecule has 1 saturated heterocycles. The van der Waals surface area contributed by atoms with E-state index in [1.54, 1.807) is 36.4 Å². The number of rotatable bonds is 11. The maximum atomic E-state index is 15.0. The average Bonchev–Trinajstić information content (AvgIpc) is 3.02. The highest BCUT2D eigenvalue weighted by Gasteiger charge is 2.42. The molecule has 4 aromatic rings. The molecule has 0 atom stereocenters. The van der Waals surface area contributed by atoms with Gasteiger partial charge >= 0.3 is 6.11 Å². The number of hydrogen-bond acceptors (Lipinski definition) is 6. The molecule has 5 rings (SSSR count). The number of aliphatic imine (C=N–C) groups is 1. The summed E-state index contributed by atoms with van der Waals surface area (Å²) in [5, 5.41) is 2.27. The Kier molecular flexibility index (Phi) is 10.4. The Labute approximate surface area is 262 Å². The number of hydrogen-bond donors (Lipinski definition) is 0. The van der Waals surface area contributed by atoms with E-state index < -0.39 is 35.4 Å². The van der Waals surface area contributed by atoms with Crippen molar-refractivity contribution in [1.29, 1.82) is 0 Å². The summed E-state index contributed by atoms with van der Waals surface area (Å²) in [6.45, 7) is 2.81. The van der Waals surface area contributed by atoms with Crippen molar-refractivity contribution in [2.24, 2.45) is 4.99 Å². The van der Waals surface area contributed by atoms with Gasteiger partial charge in [-0.25, -0.2) is 13.2 Å². The molecule has 1 aliphatic heterocycles. The van der Waals surface area contributed by atoms with Crippen LogP contribution in [0.5, 0.6) is 5.75 Å². The van der Waals surface area contributed by atoms with E-state index in [1.807, 2.05) is 6.92 Å². The molecule has 1 aliphatic rings. The molecule has 0 spiro atoms. The molecule has 0 radical (unpaired) electrons. The van der Waals surface area contributed by atoms with Crippen LogP contribution in [0.1, 0.15) is 37.2 Å². The number of benzene rings is 4. The topological polar surface area (TPSA) is 49.3 Å². The Morgan fingerprint density at radius 1 is 0.844 bits per heavy atom. The van der Waals surface area contributed by atoms with Crippen molar-refractivity contribution in [3.63, 3.8) is 0 Å². The van der Waals surface area contributed by atoms with Crippen molar-refractivity contribution < 1.29 is 40.9 Å². The first-order chi connectivity index (χ1) is 21.7. The lowest BCUT2D eigenvalue weighted by atomic mass is 9.99. The summed E-state index contributed by atoms with van der Waals surface area (Å²) >= 11 is 4.58.